The van der Waals surface area contributed by atoms with Crippen molar-refractivity contribution in [3.05, 3.63) is 78.8 Å². The fourth-order valence-electron chi connectivity index (χ4n) is 4.50. The zero-order valence-corrected chi connectivity index (χ0v) is 20.2. The van der Waals surface area contributed by atoms with Gasteiger partial charge in [-0.1, -0.05) is 11.6 Å². The van der Waals surface area contributed by atoms with Crippen LogP contribution in [0.2, 0.25) is 5.02 Å². The Morgan fingerprint density at radius 2 is 2.00 bits per heavy atom. The molecule has 2 aliphatic rings. The molecule has 0 saturated carbocycles. The Kier molecular flexibility index (Phi) is 6.46. The number of rotatable bonds is 4. The van der Waals surface area contributed by atoms with Crippen LogP contribution < -0.4 is 26.7 Å². The van der Waals surface area contributed by atoms with Crippen LogP contribution in [0.3, 0.4) is 0 Å². The average Bonchev–Trinajstić information content (AvgIpc) is 3.39. The SMILES string of the molecule is Cn1c2c(c(Nc3ccc(F)cc3C(F)(F)F)cc1=O)CCN(c1cnn(C3NCCO3)c(=O)c1Cl)C2. The number of ether oxygens (including phenoxy) is 1. The second kappa shape index (κ2) is 9.47. The Balaban J connectivity index is 1.49. The van der Waals surface area contributed by atoms with E-state index in [0.717, 1.165) is 16.8 Å². The lowest BCUT2D eigenvalue weighted by atomic mass is 10.0. The van der Waals surface area contributed by atoms with Crippen LogP contribution in [-0.2, 0) is 30.9 Å². The van der Waals surface area contributed by atoms with E-state index in [4.69, 9.17) is 16.3 Å². The van der Waals surface area contributed by atoms with Crippen LogP contribution in [0.25, 0.3) is 0 Å². The molecule has 196 valence electrons. The number of pyridine rings is 1. The zero-order chi connectivity index (χ0) is 26.5. The number of hydrogen-bond donors (Lipinski definition) is 2. The van der Waals surface area contributed by atoms with Crippen LogP contribution in [0.5, 0.6) is 0 Å². The van der Waals surface area contributed by atoms with E-state index in [1.807, 2.05) is 0 Å². The van der Waals surface area contributed by atoms with Gasteiger partial charge < -0.3 is 19.5 Å². The molecule has 4 heterocycles. The third-order valence-corrected chi connectivity index (χ3v) is 6.75. The van der Waals surface area contributed by atoms with Gasteiger partial charge in [0.15, 0.2) is 0 Å². The monoisotopic (exact) mass is 540 g/mol. The van der Waals surface area contributed by atoms with Gasteiger partial charge in [0.25, 0.3) is 11.1 Å². The second-order valence-electron chi connectivity index (χ2n) is 8.64. The molecule has 1 fully saturated rings. The summed E-state index contributed by atoms with van der Waals surface area (Å²) in [7, 11) is 1.55. The van der Waals surface area contributed by atoms with Crippen LogP contribution in [0.4, 0.5) is 34.6 Å². The highest BCUT2D eigenvalue weighted by molar-refractivity contribution is 6.33. The summed E-state index contributed by atoms with van der Waals surface area (Å²) in [6.07, 6.45) is -3.76. The third kappa shape index (κ3) is 4.69. The van der Waals surface area contributed by atoms with Crippen molar-refractivity contribution >= 4 is 28.7 Å². The normalized spacial score (nSPS) is 17.7. The third-order valence-electron chi connectivity index (χ3n) is 6.39. The van der Waals surface area contributed by atoms with E-state index in [1.165, 1.54) is 16.8 Å². The van der Waals surface area contributed by atoms with E-state index in [1.54, 1.807) is 11.9 Å². The lowest BCUT2D eigenvalue weighted by molar-refractivity contribution is -0.137. The molecule has 0 aliphatic carbocycles. The number of nitrogens with one attached hydrogen (secondary N) is 2. The standard InChI is InChI=1S/C23H21ClF4N6O3/c1-32-18-11-33(17-10-30-34(21(36)20(17)24)22-29-5-7-37-22)6-4-13(18)16(9-19(32)35)31-15-3-2-12(25)8-14(15)23(26,27)28/h2-3,8-10,22,29,31H,4-7,11H2,1H3. The summed E-state index contributed by atoms with van der Waals surface area (Å²) in [5.41, 5.74) is -0.861. The van der Waals surface area contributed by atoms with E-state index < -0.39 is 35.0 Å². The molecule has 1 aromatic carbocycles. The van der Waals surface area contributed by atoms with Crippen molar-refractivity contribution in [3.8, 4) is 0 Å². The van der Waals surface area contributed by atoms with Gasteiger partial charge in [-0.3, -0.25) is 14.9 Å². The molecule has 9 nitrogen and oxygen atoms in total. The maximum Gasteiger partial charge on any atom is 0.418 e. The van der Waals surface area contributed by atoms with Crippen molar-refractivity contribution in [1.82, 2.24) is 19.7 Å². The molecule has 14 heteroatoms. The van der Waals surface area contributed by atoms with Gasteiger partial charge in [0, 0.05) is 37.6 Å². The summed E-state index contributed by atoms with van der Waals surface area (Å²) < 4.78 is 62.0. The molecule has 37 heavy (non-hydrogen) atoms. The van der Waals surface area contributed by atoms with Gasteiger partial charge in [0.05, 0.1) is 36.3 Å². The van der Waals surface area contributed by atoms with Crippen molar-refractivity contribution in [3.63, 3.8) is 0 Å². The van der Waals surface area contributed by atoms with Crippen LogP contribution in [0.15, 0.2) is 40.1 Å². The van der Waals surface area contributed by atoms with Gasteiger partial charge in [-0.25, -0.2) is 4.39 Å². The largest absolute Gasteiger partial charge is 0.418 e. The van der Waals surface area contributed by atoms with Gasteiger partial charge in [-0.05, 0) is 30.2 Å². The predicted molar refractivity (Wildman–Crippen MR) is 128 cm³/mol. The predicted octanol–water partition coefficient (Wildman–Crippen LogP) is 3.14. The fourth-order valence-corrected chi connectivity index (χ4v) is 4.76. The van der Waals surface area contributed by atoms with Gasteiger partial charge in [0.2, 0.25) is 6.35 Å². The number of alkyl halides is 3. The first-order valence-corrected chi connectivity index (χ1v) is 11.6. The number of aromatic nitrogens is 3. The highest BCUT2D eigenvalue weighted by atomic mass is 35.5. The Hall–Kier alpha value is -3.42. The summed E-state index contributed by atoms with van der Waals surface area (Å²) >= 11 is 6.40. The van der Waals surface area contributed by atoms with Crippen LogP contribution in [0, 0.1) is 5.82 Å². The van der Waals surface area contributed by atoms with Crippen LogP contribution in [0.1, 0.15) is 23.2 Å². The summed E-state index contributed by atoms with van der Waals surface area (Å²) in [5, 5.41) is 9.77. The van der Waals surface area contributed by atoms with Crippen molar-refractivity contribution in [2.24, 2.45) is 7.05 Å². The number of hydrogen-bond acceptors (Lipinski definition) is 7. The van der Waals surface area contributed by atoms with Crippen molar-refractivity contribution in [2.45, 2.75) is 25.5 Å². The smallest absolute Gasteiger partial charge is 0.363 e. The van der Waals surface area contributed by atoms with E-state index in [0.29, 0.717) is 49.1 Å². The molecule has 0 radical (unpaired) electrons. The average molecular weight is 541 g/mol. The lowest BCUT2D eigenvalue weighted by Crippen LogP contribution is -2.38. The Labute approximate surface area is 212 Å². The number of halogens is 5. The molecule has 1 saturated heterocycles. The minimum atomic E-state index is -4.80. The zero-order valence-electron chi connectivity index (χ0n) is 19.4. The quantitative estimate of drug-likeness (QED) is 0.491. The molecule has 1 unspecified atom stereocenters. The van der Waals surface area contributed by atoms with Crippen LogP contribution in [-0.4, -0.2) is 34.0 Å². The first kappa shape index (κ1) is 25.2. The highest BCUT2D eigenvalue weighted by Crippen LogP contribution is 2.38. The molecule has 2 N–H and O–H groups in total. The molecule has 0 bridgehead atoms. The van der Waals surface area contributed by atoms with Gasteiger partial charge in [0.1, 0.15) is 10.8 Å². The van der Waals surface area contributed by atoms with E-state index in [9.17, 15) is 27.2 Å². The molecular formula is C23H21ClF4N6O3. The number of benzene rings is 1. The molecule has 1 atom stereocenters. The maximum absolute atomic E-state index is 13.5. The summed E-state index contributed by atoms with van der Waals surface area (Å²) in [4.78, 5) is 27.3. The molecule has 0 amide bonds. The summed E-state index contributed by atoms with van der Waals surface area (Å²) in [6.45, 7) is 1.48. The van der Waals surface area contributed by atoms with E-state index in [2.05, 4.69) is 15.7 Å². The van der Waals surface area contributed by atoms with Gasteiger partial charge in [-0.15, -0.1) is 0 Å². The Bertz CT molecular complexity index is 1480. The molecular weight excluding hydrogens is 520 g/mol. The van der Waals surface area contributed by atoms with E-state index >= 15 is 0 Å². The maximum atomic E-state index is 13.5. The Morgan fingerprint density at radius 1 is 1.22 bits per heavy atom. The second-order valence-corrected chi connectivity index (χ2v) is 9.01. The topological polar surface area (TPSA) is 93.4 Å². The summed E-state index contributed by atoms with van der Waals surface area (Å²) in [6, 6.07) is 3.51. The number of anilines is 3. The van der Waals surface area contributed by atoms with Crippen molar-refractivity contribution < 1.29 is 22.3 Å². The molecule has 0 spiro atoms. The number of nitrogens with zero attached hydrogens (tertiary/aromatic N) is 4. The van der Waals surface area contributed by atoms with Gasteiger partial charge in [-0.2, -0.15) is 23.0 Å². The highest BCUT2D eigenvalue weighted by Gasteiger charge is 2.35. The fraction of sp³-hybridized carbons (Fsp3) is 0.348. The first-order valence-electron chi connectivity index (χ1n) is 11.3. The number of fused-ring (bicyclic) bond motifs is 1. The van der Waals surface area contributed by atoms with Crippen molar-refractivity contribution in [2.75, 3.05) is 29.9 Å². The van der Waals surface area contributed by atoms with Crippen molar-refractivity contribution in [1.29, 1.82) is 0 Å². The minimum Gasteiger partial charge on any atom is -0.363 e. The van der Waals surface area contributed by atoms with E-state index in [-0.39, 0.29) is 22.9 Å². The molecule has 2 aromatic heterocycles. The molecule has 5 rings (SSSR count). The molecule has 3 aromatic rings. The summed E-state index contributed by atoms with van der Waals surface area (Å²) in [5.74, 6) is -1.03. The molecule has 2 aliphatic heterocycles. The minimum absolute atomic E-state index is 0.0730. The van der Waals surface area contributed by atoms with Gasteiger partial charge >= 0.3 is 6.18 Å². The lowest BCUT2D eigenvalue weighted by Gasteiger charge is -2.33. The first-order chi connectivity index (χ1) is 17.5. The van der Waals surface area contributed by atoms with Crippen LogP contribution >= 0.6 is 11.6 Å². The Morgan fingerprint density at radius 3 is 2.70 bits per heavy atom.